The van der Waals surface area contributed by atoms with Gasteiger partial charge >= 0.3 is 6.03 Å². The minimum absolute atomic E-state index is 0.211. The summed E-state index contributed by atoms with van der Waals surface area (Å²) in [4.78, 5) is 14.2. The Balaban J connectivity index is 1.78. The van der Waals surface area contributed by atoms with Crippen molar-refractivity contribution in [1.29, 1.82) is 0 Å². The van der Waals surface area contributed by atoms with Gasteiger partial charge in [0.05, 0.1) is 10.7 Å². The highest BCUT2D eigenvalue weighted by molar-refractivity contribution is 7.99. The minimum atomic E-state index is -0.309. The normalized spacial score (nSPS) is 17.3. The Labute approximate surface area is 147 Å². The summed E-state index contributed by atoms with van der Waals surface area (Å²) in [6.07, 6.45) is 0. The molecule has 0 saturated carbocycles. The van der Waals surface area contributed by atoms with E-state index in [4.69, 9.17) is 23.2 Å². The van der Waals surface area contributed by atoms with Gasteiger partial charge in [-0.15, -0.1) is 11.8 Å². The summed E-state index contributed by atoms with van der Waals surface area (Å²) in [5, 5.41) is 3.45. The van der Waals surface area contributed by atoms with Gasteiger partial charge in [-0.25, -0.2) is 9.18 Å². The lowest BCUT2D eigenvalue weighted by Gasteiger charge is -2.24. The van der Waals surface area contributed by atoms with Crippen LogP contribution in [0, 0.1) is 5.82 Å². The second-order valence-corrected chi connectivity index (χ2v) is 7.06. The third-order valence-corrected chi connectivity index (χ3v) is 5.27. The first-order valence-electron chi connectivity index (χ1n) is 6.94. The molecule has 1 aliphatic rings. The van der Waals surface area contributed by atoms with Crippen molar-refractivity contribution in [2.75, 3.05) is 17.6 Å². The summed E-state index contributed by atoms with van der Waals surface area (Å²) in [6, 6.07) is 10.9. The van der Waals surface area contributed by atoms with Gasteiger partial charge in [0.15, 0.2) is 0 Å². The van der Waals surface area contributed by atoms with Gasteiger partial charge in [0.1, 0.15) is 11.2 Å². The first kappa shape index (κ1) is 16.4. The van der Waals surface area contributed by atoms with Gasteiger partial charge in [-0.2, -0.15) is 0 Å². The van der Waals surface area contributed by atoms with Crippen LogP contribution in [0.3, 0.4) is 0 Å². The van der Waals surface area contributed by atoms with Gasteiger partial charge in [0.2, 0.25) is 0 Å². The molecule has 0 radical (unpaired) electrons. The number of carbonyl (C=O) groups excluding carboxylic acids is 1. The van der Waals surface area contributed by atoms with E-state index in [1.807, 2.05) is 6.07 Å². The molecule has 2 aromatic rings. The fourth-order valence-electron chi connectivity index (χ4n) is 2.39. The molecule has 0 aliphatic carbocycles. The number of urea groups is 1. The SMILES string of the molecule is O=C(Nc1ccc(Cl)cc1Cl)N1CCS[C@H]1c1cccc(F)c1. The second kappa shape index (κ2) is 6.99. The first-order valence-corrected chi connectivity index (χ1v) is 8.75. The lowest BCUT2D eigenvalue weighted by molar-refractivity contribution is 0.214. The Morgan fingerprint density at radius 3 is 2.83 bits per heavy atom. The zero-order chi connectivity index (χ0) is 16.4. The van der Waals surface area contributed by atoms with Crippen molar-refractivity contribution in [1.82, 2.24) is 4.90 Å². The highest BCUT2D eigenvalue weighted by Gasteiger charge is 2.31. The Morgan fingerprint density at radius 1 is 1.26 bits per heavy atom. The van der Waals surface area contributed by atoms with Gasteiger partial charge in [-0.05, 0) is 35.9 Å². The van der Waals surface area contributed by atoms with Gasteiger partial charge < -0.3 is 10.2 Å². The molecule has 0 unspecified atom stereocenters. The first-order chi connectivity index (χ1) is 11.0. The molecule has 0 spiro atoms. The summed E-state index contributed by atoms with van der Waals surface area (Å²) in [7, 11) is 0. The Hall–Kier alpha value is -1.43. The Kier molecular flexibility index (Phi) is 4.99. The lowest BCUT2D eigenvalue weighted by atomic mass is 10.2. The van der Waals surface area contributed by atoms with E-state index in [1.165, 1.54) is 12.1 Å². The van der Waals surface area contributed by atoms with E-state index in [0.717, 1.165) is 11.3 Å². The molecule has 0 bridgehead atoms. The molecular weight excluding hydrogens is 358 g/mol. The quantitative estimate of drug-likeness (QED) is 0.765. The predicted octanol–water partition coefficient (Wildman–Crippen LogP) is 5.41. The maximum atomic E-state index is 13.4. The number of nitrogens with one attached hydrogen (secondary N) is 1. The van der Waals surface area contributed by atoms with Crippen LogP contribution < -0.4 is 5.32 Å². The van der Waals surface area contributed by atoms with Crippen LogP contribution in [0.1, 0.15) is 10.9 Å². The predicted molar refractivity (Wildman–Crippen MR) is 93.8 cm³/mol. The van der Waals surface area contributed by atoms with Crippen LogP contribution >= 0.6 is 35.0 Å². The number of halogens is 3. The molecule has 0 aromatic heterocycles. The summed E-state index contributed by atoms with van der Waals surface area (Å²) < 4.78 is 13.4. The van der Waals surface area contributed by atoms with E-state index in [-0.39, 0.29) is 17.2 Å². The van der Waals surface area contributed by atoms with Crippen LogP contribution in [0.5, 0.6) is 0 Å². The van der Waals surface area contributed by atoms with Crippen molar-refractivity contribution >= 4 is 46.7 Å². The number of thioether (sulfide) groups is 1. The molecule has 120 valence electrons. The van der Waals surface area contributed by atoms with E-state index in [2.05, 4.69) is 5.32 Å². The molecule has 3 nitrogen and oxygen atoms in total. The van der Waals surface area contributed by atoms with Crippen LogP contribution in [0.15, 0.2) is 42.5 Å². The number of hydrogen-bond donors (Lipinski definition) is 1. The number of amides is 2. The summed E-state index contributed by atoms with van der Waals surface area (Å²) in [5.41, 5.74) is 1.26. The van der Waals surface area contributed by atoms with Crippen LogP contribution in [0.4, 0.5) is 14.9 Å². The zero-order valence-corrected chi connectivity index (χ0v) is 14.3. The van der Waals surface area contributed by atoms with E-state index in [1.54, 1.807) is 40.9 Å². The van der Waals surface area contributed by atoms with Gasteiger partial charge in [-0.1, -0.05) is 35.3 Å². The average Bonchev–Trinajstić information content (AvgIpc) is 2.99. The molecule has 3 rings (SSSR count). The average molecular weight is 371 g/mol. The third kappa shape index (κ3) is 3.74. The summed E-state index contributed by atoms with van der Waals surface area (Å²) in [6.45, 7) is 0.586. The maximum Gasteiger partial charge on any atom is 0.323 e. The molecule has 23 heavy (non-hydrogen) atoms. The molecule has 2 aromatic carbocycles. The molecule has 1 atom stereocenters. The number of carbonyl (C=O) groups is 1. The Morgan fingerprint density at radius 2 is 2.09 bits per heavy atom. The van der Waals surface area contributed by atoms with E-state index < -0.39 is 0 Å². The van der Waals surface area contributed by atoms with E-state index in [0.29, 0.717) is 22.3 Å². The van der Waals surface area contributed by atoms with Gasteiger partial charge in [0.25, 0.3) is 0 Å². The van der Waals surface area contributed by atoms with Crippen molar-refractivity contribution in [2.45, 2.75) is 5.37 Å². The third-order valence-electron chi connectivity index (χ3n) is 3.46. The number of anilines is 1. The number of benzene rings is 2. The molecule has 2 amide bonds. The highest BCUT2D eigenvalue weighted by Crippen LogP contribution is 2.38. The van der Waals surface area contributed by atoms with Crippen molar-refractivity contribution in [2.24, 2.45) is 0 Å². The largest absolute Gasteiger partial charge is 0.323 e. The van der Waals surface area contributed by atoms with Crippen LogP contribution in [0.2, 0.25) is 10.0 Å². The molecule has 7 heteroatoms. The topological polar surface area (TPSA) is 32.3 Å². The molecule has 1 fully saturated rings. The molecular formula is C16H13Cl2FN2OS. The van der Waals surface area contributed by atoms with Crippen LogP contribution in [-0.4, -0.2) is 23.2 Å². The standard InChI is InChI=1S/C16H13Cl2FN2OS/c17-11-4-5-14(13(18)9-11)20-16(22)21-6-7-23-15(21)10-2-1-3-12(19)8-10/h1-5,8-9,15H,6-7H2,(H,20,22)/t15-/m0/s1. The van der Waals surface area contributed by atoms with Crippen LogP contribution in [-0.2, 0) is 0 Å². The maximum absolute atomic E-state index is 13.4. The minimum Gasteiger partial charge on any atom is -0.308 e. The summed E-state index contributed by atoms with van der Waals surface area (Å²) in [5.74, 6) is 0.485. The smallest absolute Gasteiger partial charge is 0.308 e. The fourth-order valence-corrected chi connectivity index (χ4v) is 4.09. The highest BCUT2D eigenvalue weighted by atomic mass is 35.5. The monoisotopic (exact) mass is 370 g/mol. The number of hydrogen-bond acceptors (Lipinski definition) is 2. The van der Waals surface area contributed by atoms with Crippen molar-refractivity contribution in [3.05, 3.63) is 63.9 Å². The molecule has 1 heterocycles. The number of rotatable bonds is 2. The summed E-state index contributed by atoms with van der Waals surface area (Å²) >= 11 is 13.5. The Bertz CT molecular complexity index is 744. The van der Waals surface area contributed by atoms with Crippen molar-refractivity contribution in [3.8, 4) is 0 Å². The van der Waals surface area contributed by atoms with Crippen LogP contribution in [0.25, 0.3) is 0 Å². The van der Waals surface area contributed by atoms with E-state index in [9.17, 15) is 9.18 Å². The fraction of sp³-hybridized carbons (Fsp3) is 0.188. The van der Waals surface area contributed by atoms with Crippen molar-refractivity contribution in [3.63, 3.8) is 0 Å². The lowest BCUT2D eigenvalue weighted by Crippen LogP contribution is -2.34. The van der Waals surface area contributed by atoms with E-state index >= 15 is 0 Å². The second-order valence-electron chi connectivity index (χ2n) is 5.03. The van der Waals surface area contributed by atoms with Gasteiger partial charge in [0, 0.05) is 17.3 Å². The van der Waals surface area contributed by atoms with Gasteiger partial charge in [-0.3, -0.25) is 0 Å². The number of nitrogens with zero attached hydrogens (tertiary/aromatic N) is 1. The van der Waals surface area contributed by atoms with Crippen molar-refractivity contribution < 1.29 is 9.18 Å². The molecule has 1 N–H and O–H groups in total. The molecule has 1 aliphatic heterocycles. The molecule has 1 saturated heterocycles. The zero-order valence-electron chi connectivity index (χ0n) is 11.9.